The minimum Gasteiger partial charge on any atom is -0.505 e. The van der Waals surface area contributed by atoms with Crippen LogP contribution in [0.5, 0.6) is 5.75 Å². The molecule has 13 heavy (non-hydrogen) atoms. The van der Waals surface area contributed by atoms with Crippen molar-refractivity contribution in [2.75, 3.05) is 0 Å². The lowest BCUT2D eigenvalue weighted by Gasteiger charge is -2.02. The van der Waals surface area contributed by atoms with Crippen molar-refractivity contribution in [1.29, 1.82) is 0 Å². The summed E-state index contributed by atoms with van der Waals surface area (Å²) < 4.78 is 13.7. The Morgan fingerprint density at radius 3 is 3.00 bits per heavy atom. The molecule has 2 aromatic rings. The van der Waals surface area contributed by atoms with Gasteiger partial charge in [0.15, 0.2) is 5.75 Å². The minimum absolute atomic E-state index is 0.0394. The molecule has 1 heterocycles. The Labute approximate surface area is 87.6 Å². The van der Waals surface area contributed by atoms with E-state index in [4.69, 9.17) is 0 Å². The molecular formula is C9H5FINO. The largest absolute Gasteiger partial charge is 0.505 e. The number of pyridine rings is 1. The Kier molecular flexibility index (Phi) is 2.07. The highest BCUT2D eigenvalue weighted by atomic mass is 127. The van der Waals surface area contributed by atoms with Crippen molar-refractivity contribution in [2.45, 2.75) is 0 Å². The number of phenols is 1. The summed E-state index contributed by atoms with van der Waals surface area (Å²) in [5, 5.41) is 9.89. The number of hydrogen-bond donors (Lipinski definition) is 1. The van der Waals surface area contributed by atoms with Crippen molar-refractivity contribution >= 4 is 33.5 Å². The van der Waals surface area contributed by atoms with Crippen molar-refractivity contribution in [3.05, 3.63) is 33.8 Å². The number of nitrogens with zero attached hydrogens (tertiary/aromatic N) is 1. The van der Waals surface area contributed by atoms with Gasteiger partial charge in [0.1, 0.15) is 11.3 Å². The summed E-state index contributed by atoms with van der Waals surface area (Å²) in [6.45, 7) is 0. The molecule has 0 radical (unpaired) electrons. The van der Waals surface area contributed by atoms with Crippen molar-refractivity contribution < 1.29 is 9.50 Å². The summed E-state index contributed by atoms with van der Waals surface area (Å²) in [7, 11) is 0. The molecule has 0 atom stereocenters. The first kappa shape index (κ1) is 8.68. The molecule has 1 N–H and O–H groups in total. The molecule has 0 fully saturated rings. The molecule has 1 aromatic carbocycles. The van der Waals surface area contributed by atoms with Crippen molar-refractivity contribution in [1.82, 2.24) is 4.98 Å². The highest BCUT2D eigenvalue weighted by molar-refractivity contribution is 14.1. The lowest BCUT2D eigenvalue weighted by molar-refractivity contribution is 0.475. The summed E-state index contributed by atoms with van der Waals surface area (Å²) in [4.78, 5) is 3.91. The van der Waals surface area contributed by atoms with Crippen LogP contribution in [0.25, 0.3) is 10.9 Å². The molecule has 2 rings (SSSR count). The predicted octanol–water partition coefficient (Wildman–Crippen LogP) is 2.68. The van der Waals surface area contributed by atoms with Gasteiger partial charge < -0.3 is 5.11 Å². The molecule has 0 bridgehead atoms. The van der Waals surface area contributed by atoms with E-state index in [1.54, 1.807) is 12.1 Å². The average molecular weight is 288 g/mol. The number of rotatable bonds is 0. The van der Waals surface area contributed by atoms with Gasteiger partial charge in [0.2, 0.25) is 0 Å². The van der Waals surface area contributed by atoms with Crippen LogP contribution >= 0.6 is 22.6 Å². The van der Waals surface area contributed by atoms with Gasteiger partial charge in [-0.2, -0.15) is 0 Å². The first-order chi connectivity index (χ1) is 6.20. The second kappa shape index (κ2) is 3.10. The molecule has 0 saturated heterocycles. The van der Waals surface area contributed by atoms with Crippen molar-refractivity contribution in [3.63, 3.8) is 0 Å². The van der Waals surface area contributed by atoms with E-state index in [1.807, 2.05) is 22.6 Å². The van der Waals surface area contributed by atoms with E-state index < -0.39 is 0 Å². The van der Waals surface area contributed by atoms with Gasteiger partial charge in [-0.15, -0.1) is 0 Å². The molecule has 0 aliphatic carbocycles. The number of phenolic OH excluding ortho intramolecular Hbond substituents is 1. The molecule has 4 heteroatoms. The lowest BCUT2D eigenvalue weighted by atomic mass is 10.2. The third-order valence-corrected chi connectivity index (χ3v) is 2.59. The fourth-order valence-corrected chi connectivity index (χ4v) is 1.69. The second-order valence-corrected chi connectivity index (χ2v) is 3.75. The Morgan fingerprint density at radius 2 is 2.23 bits per heavy atom. The highest BCUT2D eigenvalue weighted by Gasteiger charge is 2.09. The number of aromatic nitrogens is 1. The smallest absolute Gasteiger partial charge is 0.155 e. The number of aromatic hydroxyl groups is 1. The Morgan fingerprint density at radius 1 is 1.46 bits per heavy atom. The average Bonchev–Trinajstić information content (AvgIpc) is 2.15. The molecule has 0 aliphatic heterocycles. The van der Waals surface area contributed by atoms with E-state index in [-0.39, 0.29) is 11.6 Å². The topological polar surface area (TPSA) is 33.1 Å². The summed E-state index contributed by atoms with van der Waals surface area (Å²) in [5.41, 5.74) is 0.312. The molecule has 1 aromatic heterocycles. The summed E-state index contributed by atoms with van der Waals surface area (Å²) in [6, 6.07) is 4.52. The van der Waals surface area contributed by atoms with Crippen LogP contribution < -0.4 is 0 Å². The van der Waals surface area contributed by atoms with Gasteiger partial charge in [-0.05, 0) is 40.8 Å². The van der Waals surface area contributed by atoms with Crippen LogP contribution in [0.1, 0.15) is 0 Å². The molecule has 0 spiro atoms. The fourth-order valence-electron chi connectivity index (χ4n) is 1.16. The van der Waals surface area contributed by atoms with Gasteiger partial charge in [0.05, 0.1) is 3.57 Å². The van der Waals surface area contributed by atoms with Crippen LogP contribution in [0.2, 0.25) is 0 Å². The van der Waals surface area contributed by atoms with Crippen molar-refractivity contribution in [3.8, 4) is 5.75 Å². The van der Waals surface area contributed by atoms with Gasteiger partial charge in [-0.3, -0.25) is 4.98 Å². The zero-order chi connectivity index (χ0) is 9.42. The number of hydrogen-bond acceptors (Lipinski definition) is 2. The first-order valence-corrected chi connectivity index (χ1v) is 4.69. The van der Waals surface area contributed by atoms with Crippen LogP contribution in [0.15, 0.2) is 24.4 Å². The van der Waals surface area contributed by atoms with E-state index in [2.05, 4.69) is 4.98 Å². The second-order valence-electron chi connectivity index (χ2n) is 2.59. The zero-order valence-corrected chi connectivity index (χ0v) is 8.62. The van der Waals surface area contributed by atoms with Gasteiger partial charge >= 0.3 is 0 Å². The minimum atomic E-state index is -0.356. The molecule has 0 unspecified atom stereocenters. The molecule has 66 valence electrons. The van der Waals surface area contributed by atoms with Crippen LogP contribution in [-0.4, -0.2) is 10.1 Å². The van der Waals surface area contributed by atoms with E-state index >= 15 is 0 Å². The molecule has 0 aliphatic rings. The van der Waals surface area contributed by atoms with Gasteiger partial charge in [0, 0.05) is 11.6 Å². The summed E-state index contributed by atoms with van der Waals surface area (Å²) in [6.07, 6.45) is 1.53. The maximum Gasteiger partial charge on any atom is 0.155 e. The standard InChI is InChI=1S/C9H5FINO/c10-6-4-7(11)9(13)8-5(6)2-1-3-12-8/h1-4,13H/i10-1. The third-order valence-electron chi connectivity index (χ3n) is 1.77. The zero-order valence-electron chi connectivity index (χ0n) is 6.46. The first-order valence-electron chi connectivity index (χ1n) is 3.62. The SMILES string of the molecule is Oc1c(I)cc([18F])c2cccnc12. The summed E-state index contributed by atoms with van der Waals surface area (Å²) in [5.74, 6) is -0.317. The number of halogens is 2. The molecular weight excluding hydrogens is 283 g/mol. The van der Waals surface area contributed by atoms with Gasteiger partial charge in [0.25, 0.3) is 0 Å². The number of benzene rings is 1. The summed E-state index contributed by atoms with van der Waals surface area (Å²) >= 11 is 1.87. The number of fused-ring (bicyclic) bond motifs is 1. The van der Waals surface area contributed by atoms with Crippen LogP contribution in [0.3, 0.4) is 0 Å². The van der Waals surface area contributed by atoms with Gasteiger partial charge in [-0.1, -0.05) is 0 Å². The highest BCUT2D eigenvalue weighted by Crippen LogP contribution is 2.29. The molecule has 0 saturated carbocycles. The molecule has 2 nitrogen and oxygen atoms in total. The van der Waals surface area contributed by atoms with E-state index in [9.17, 15) is 9.50 Å². The van der Waals surface area contributed by atoms with E-state index in [0.717, 1.165) is 0 Å². The maximum atomic E-state index is 13.3. The quantitative estimate of drug-likeness (QED) is 0.756. The van der Waals surface area contributed by atoms with E-state index in [1.165, 1.54) is 12.3 Å². The maximum absolute atomic E-state index is 13.3. The molecule has 0 amide bonds. The monoisotopic (exact) mass is 288 g/mol. The van der Waals surface area contributed by atoms with Crippen LogP contribution in [0.4, 0.5) is 4.39 Å². The van der Waals surface area contributed by atoms with Gasteiger partial charge in [-0.25, -0.2) is 4.39 Å². The Balaban J connectivity index is 2.97. The van der Waals surface area contributed by atoms with E-state index in [0.29, 0.717) is 14.5 Å². The lowest BCUT2D eigenvalue weighted by Crippen LogP contribution is -1.86. The van der Waals surface area contributed by atoms with Crippen LogP contribution in [0, 0.1) is 9.39 Å². The third kappa shape index (κ3) is 1.35. The predicted molar refractivity (Wildman–Crippen MR) is 56.1 cm³/mol. The van der Waals surface area contributed by atoms with Crippen LogP contribution in [-0.2, 0) is 0 Å². The normalized spacial score (nSPS) is 10.6. The fraction of sp³-hybridized carbons (Fsp3) is 0. The Bertz CT molecular complexity index is 472. The van der Waals surface area contributed by atoms with Crippen molar-refractivity contribution in [2.24, 2.45) is 0 Å². The Hall–Kier alpha value is -0.910.